The molecule has 2 aromatic carbocycles. The van der Waals surface area contributed by atoms with Crippen molar-refractivity contribution in [2.75, 3.05) is 11.9 Å². The van der Waals surface area contributed by atoms with Crippen molar-refractivity contribution in [2.45, 2.75) is 32.6 Å². The summed E-state index contributed by atoms with van der Waals surface area (Å²) in [5, 5.41) is 2.87. The minimum Gasteiger partial charge on any atom is -0.483 e. The Morgan fingerprint density at radius 3 is 2.82 bits per heavy atom. The molecule has 0 radical (unpaired) electrons. The molecule has 0 aromatic heterocycles. The smallest absolute Gasteiger partial charge is 0.262 e. The predicted molar refractivity (Wildman–Crippen MR) is 88.4 cm³/mol. The second kappa shape index (κ2) is 6.65. The van der Waals surface area contributed by atoms with Crippen LogP contribution in [0, 0.1) is 6.92 Å². The van der Waals surface area contributed by atoms with Crippen molar-refractivity contribution in [2.24, 2.45) is 0 Å². The topological polar surface area (TPSA) is 38.3 Å². The maximum atomic E-state index is 12.0. The van der Waals surface area contributed by atoms with Crippen LogP contribution in [-0.4, -0.2) is 12.5 Å². The lowest BCUT2D eigenvalue weighted by Crippen LogP contribution is -2.21. The van der Waals surface area contributed by atoms with Gasteiger partial charge in [0.25, 0.3) is 5.91 Å². The molecule has 22 heavy (non-hydrogen) atoms. The molecule has 0 spiro atoms. The Kier molecular flexibility index (Phi) is 4.42. The molecule has 0 heterocycles. The highest BCUT2D eigenvalue weighted by atomic mass is 16.5. The van der Waals surface area contributed by atoms with Crippen molar-refractivity contribution in [3.8, 4) is 5.75 Å². The number of ether oxygens (including phenoxy) is 1. The summed E-state index contributed by atoms with van der Waals surface area (Å²) >= 11 is 0. The molecule has 0 aliphatic heterocycles. The van der Waals surface area contributed by atoms with Gasteiger partial charge < -0.3 is 10.1 Å². The van der Waals surface area contributed by atoms with Gasteiger partial charge in [-0.1, -0.05) is 24.3 Å². The first-order valence-corrected chi connectivity index (χ1v) is 7.82. The molecule has 3 rings (SSSR count). The van der Waals surface area contributed by atoms with Gasteiger partial charge in [0, 0.05) is 5.69 Å². The number of carbonyl (C=O) groups is 1. The van der Waals surface area contributed by atoms with E-state index < -0.39 is 0 Å². The molecular weight excluding hydrogens is 274 g/mol. The van der Waals surface area contributed by atoms with E-state index in [1.54, 1.807) is 0 Å². The third-order valence-electron chi connectivity index (χ3n) is 4.01. The normalized spacial score (nSPS) is 13.3. The Labute approximate surface area is 131 Å². The van der Waals surface area contributed by atoms with Gasteiger partial charge in [0.1, 0.15) is 5.75 Å². The second-order valence-electron chi connectivity index (χ2n) is 5.81. The number of nitrogens with one attached hydrogen (secondary N) is 1. The number of anilines is 1. The third-order valence-corrected chi connectivity index (χ3v) is 4.01. The van der Waals surface area contributed by atoms with E-state index in [9.17, 15) is 4.79 Å². The Morgan fingerprint density at radius 2 is 1.95 bits per heavy atom. The van der Waals surface area contributed by atoms with E-state index in [4.69, 9.17) is 4.74 Å². The number of aryl methyl sites for hydroxylation is 2. The number of amides is 1. The van der Waals surface area contributed by atoms with Crippen LogP contribution in [0.2, 0.25) is 0 Å². The molecule has 0 fully saturated rings. The standard InChI is InChI=1S/C19H21NO2/c1-14-6-4-9-16(12-14)20-19(21)13-22-18-11-5-8-15-7-2-3-10-17(15)18/h4-6,8-9,11-12H,2-3,7,10,13H2,1H3,(H,20,21). The van der Waals surface area contributed by atoms with E-state index in [1.807, 2.05) is 43.3 Å². The summed E-state index contributed by atoms with van der Waals surface area (Å²) in [5.41, 5.74) is 4.57. The molecule has 2 aromatic rings. The fourth-order valence-corrected chi connectivity index (χ4v) is 2.94. The highest BCUT2D eigenvalue weighted by Gasteiger charge is 2.14. The van der Waals surface area contributed by atoms with E-state index in [2.05, 4.69) is 11.4 Å². The van der Waals surface area contributed by atoms with Crippen LogP contribution in [0.15, 0.2) is 42.5 Å². The van der Waals surface area contributed by atoms with Crippen LogP contribution in [0.4, 0.5) is 5.69 Å². The van der Waals surface area contributed by atoms with Crippen molar-refractivity contribution in [3.05, 3.63) is 59.2 Å². The van der Waals surface area contributed by atoms with Crippen LogP contribution in [0.3, 0.4) is 0 Å². The quantitative estimate of drug-likeness (QED) is 0.929. The highest BCUT2D eigenvalue weighted by Crippen LogP contribution is 2.29. The van der Waals surface area contributed by atoms with Gasteiger partial charge in [-0.05, 0) is 67.5 Å². The van der Waals surface area contributed by atoms with Crippen LogP contribution in [-0.2, 0) is 17.6 Å². The zero-order valence-electron chi connectivity index (χ0n) is 12.9. The first-order valence-electron chi connectivity index (χ1n) is 7.82. The van der Waals surface area contributed by atoms with Gasteiger partial charge in [-0.3, -0.25) is 4.79 Å². The zero-order chi connectivity index (χ0) is 15.4. The second-order valence-corrected chi connectivity index (χ2v) is 5.81. The van der Waals surface area contributed by atoms with Gasteiger partial charge in [-0.2, -0.15) is 0 Å². The molecule has 114 valence electrons. The van der Waals surface area contributed by atoms with E-state index in [-0.39, 0.29) is 12.5 Å². The monoisotopic (exact) mass is 295 g/mol. The largest absolute Gasteiger partial charge is 0.483 e. The first kappa shape index (κ1) is 14.6. The number of benzene rings is 2. The van der Waals surface area contributed by atoms with Gasteiger partial charge >= 0.3 is 0 Å². The summed E-state index contributed by atoms with van der Waals surface area (Å²) < 4.78 is 5.76. The highest BCUT2D eigenvalue weighted by molar-refractivity contribution is 5.91. The lowest BCUT2D eigenvalue weighted by molar-refractivity contribution is -0.118. The predicted octanol–water partition coefficient (Wildman–Crippen LogP) is 3.89. The van der Waals surface area contributed by atoms with Crippen molar-refractivity contribution >= 4 is 11.6 Å². The molecule has 0 bridgehead atoms. The maximum absolute atomic E-state index is 12.0. The molecule has 3 heteroatoms. The van der Waals surface area contributed by atoms with Gasteiger partial charge in [0.2, 0.25) is 0 Å². The van der Waals surface area contributed by atoms with Gasteiger partial charge in [0.15, 0.2) is 6.61 Å². The van der Waals surface area contributed by atoms with Crippen LogP contribution in [0.1, 0.15) is 29.5 Å². The summed E-state index contributed by atoms with van der Waals surface area (Å²) in [6, 6.07) is 13.9. The Morgan fingerprint density at radius 1 is 1.14 bits per heavy atom. The zero-order valence-corrected chi connectivity index (χ0v) is 12.9. The fourth-order valence-electron chi connectivity index (χ4n) is 2.94. The molecule has 1 amide bonds. The number of hydrogen-bond donors (Lipinski definition) is 1. The lowest BCUT2D eigenvalue weighted by Gasteiger charge is -2.19. The number of carbonyl (C=O) groups excluding carboxylic acids is 1. The van der Waals surface area contributed by atoms with Gasteiger partial charge in [-0.15, -0.1) is 0 Å². The summed E-state index contributed by atoms with van der Waals surface area (Å²) in [7, 11) is 0. The number of hydrogen-bond acceptors (Lipinski definition) is 2. The molecule has 0 saturated carbocycles. The fraction of sp³-hybridized carbons (Fsp3) is 0.316. The molecule has 0 unspecified atom stereocenters. The van der Waals surface area contributed by atoms with Crippen LogP contribution in [0.25, 0.3) is 0 Å². The van der Waals surface area contributed by atoms with E-state index in [0.29, 0.717) is 0 Å². The summed E-state index contributed by atoms with van der Waals surface area (Å²) in [5.74, 6) is 0.732. The molecule has 3 nitrogen and oxygen atoms in total. The third kappa shape index (κ3) is 3.48. The minimum absolute atomic E-state index is 0.0460. The van der Waals surface area contributed by atoms with Crippen LogP contribution >= 0.6 is 0 Å². The molecule has 0 atom stereocenters. The minimum atomic E-state index is -0.126. The van der Waals surface area contributed by atoms with E-state index in [1.165, 1.54) is 24.0 Å². The Hall–Kier alpha value is -2.29. The number of rotatable bonds is 4. The van der Waals surface area contributed by atoms with E-state index in [0.717, 1.165) is 29.8 Å². The maximum Gasteiger partial charge on any atom is 0.262 e. The van der Waals surface area contributed by atoms with E-state index >= 15 is 0 Å². The average Bonchev–Trinajstić information content (AvgIpc) is 2.53. The summed E-state index contributed by atoms with van der Waals surface area (Å²) in [6.07, 6.45) is 4.60. The SMILES string of the molecule is Cc1cccc(NC(=O)COc2cccc3c2CCCC3)c1. The van der Waals surface area contributed by atoms with Gasteiger partial charge in [-0.25, -0.2) is 0 Å². The van der Waals surface area contributed by atoms with Crippen molar-refractivity contribution < 1.29 is 9.53 Å². The molecular formula is C19H21NO2. The summed E-state index contributed by atoms with van der Waals surface area (Å²) in [6.45, 7) is 2.05. The van der Waals surface area contributed by atoms with Gasteiger partial charge in [0.05, 0.1) is 0 Å². The summed E-state index contributed by atoms with van der Waals surface area (Å²) in [4.78, 5) is 12.0. The van der Waals surface area contributed by atoms with Crippen LogP contribution in [0.5, 0.6) is 5.75 Å². The molecule has 1 aliphatic rings. The average molecular weight is 295 g/mol. The Balaban J connectivity index is 1.62. The first-order chi connectivity index (χ1) is 10.7. The van der Waals surface area contributed by atoms with Crippen molar-refractivity contribution in [1.29, 1.82) is 0 Å². The lowest BCUT2D eigenvalue weighted by atomic mass is 9.91. The Bertz CT molecular complexity index is 679. The molecule has 0 saturated heterocycles. The van der Waals surface area contributed by atoms with Crippen molar-refractivity contribution in [1.82, 2.24) is 0 Å². The van der Waals surface area contributed by atoms with Crippen LogP contribution < -0.4 is 10.1 Å². The molecule has 1 N–H and O–H groups in total. The van der Waals surface area contributed by atoms with Crippen molar-refractivity contribution in [3.63, 3.8) is 0 Å². The molecule has 1 aliphatic carbocycles. The number of fused-ring (bicyclic) bond motifs is 1.